The van der Waals surface area contributed by atoms with E-state index in [4.69, 9.17) is 44.9 Å². The number of hydrogen-bond donors (Lipinski definition) is 2. The summed E-state index contributed by atoms with van der Waals surface area (Å²) in [4.78, 5) is 0. The molecule has 0 saturated heterocycles. The predicted molar refractivity (Wildman–Crippen MR) is 107 cm³/mol. The van der Waals surface area contributed by atoms with E-state index >= 15 is 0 Å². The van der Waals surface area contributed by atoms with Gasteiger partial charge in [-0.1, -0.05) is 41.4 Å². The number of para-hydroxylation sites is 1. The van der Waals surface area contributed by atoms with E-state index in [1.54, 1.807) is 26.4 Å². The minimum absolute atomic E-state index is 0.532. The summed E-state index contributed by atoms with van der Waals surface area (Å²) >= 11 is 17.3. The van der Waals surface area contributed by atoms with Gasteiger partial charge in [-0.05, 0) is 48.0 Å². The van der Waals surface area contributed by atoms with Gasteiger partial charge in [-0.2, -0.15) is 0 Å². The van der Waals surface area contributed by atoms with E-state index in [1.165, 1.54) is 0 Å². The molecule has 0 saturated carbocycles. The van der Waals surface area contributed by atoms with Gasteiger partial charge in [0.25, 0.3) is 0 Å². The fraction of sp³-hybridized carbons (Fsp3) is 0.278. The maximum absolute atomic E-state index is 6.15. The average Bonchev–Trinajstić information content (AvgIpc) is 2.60. The van der Waals surface area contributed by atoms with E-state index in [2.05, 4.69) is 10.6 Å². The number of halogens is 2. The molecule has 0 aliphatic heterocycles. The van der Waals surface area contributed by atoms with Crippen molar-refractivity contribution in [3.05, 3.63) is 57.6 Å². The van der Waals surface area contributed by atoms with Crippen LogP contribution < -0.4 is 20.1 Å². The summed E-state index contributed by atoms with van der Waals surface area (Å²) in [5.41, 5.74) is 1.99. The number of hydrogen-bond acceptors (Lipinski definition) is 3. The molecule has 0 bridgehead atoms. The van der Waals surface area contributed by atoms with E-state index in [-0.39, 0.29) is 0 Å². The molecule has 0 aliphatic carbocycles. The lowest BCUT2D eigenvalue weighted by Crippen LogP contribution is -2.36. The van der Waals surface area contributed by atoms with Gasteiger partial charge in [0.15, 0.2) is 16.6 Å². The molecule has 0 atom stereocenters. The predicted octanol–water partition coefficient (Wildman–Crippen LogP) is 4.22. The minimum atomic E-state index is 0.532. The molecule has 134 valence electrons. The maximum Gasteiger partial charge on any atom is 0.166 e. The first-order chi connectivity index (χ1) is 12.0. The molecule has 2 N–H and O–H groups in total. The molecule has 2 aromatic rings. The first-order valence-electron chi connectivity index (χ1n) is 7.70. The highest BCUT2D eigenvalue weighted by atomic mass is 35.5. The Morgan fingerprint density at radius 1 is 1.04 bits per heavy atom. The van der Waals surface area contributed by atoms with Gasteiger partial charge in [0.1, 0.15) is 0 Å². The third-order valence-electron chi connectivity index (χ3n) is 3.62. The zero-order valence-corrected chi connectivity index (χ0v) is 16.4. The summed E-state index contributed by atoms with van der Waals surface area (Å²) < 4.78 is 10.7. The van der Waals surface area contributed by atoms with Crippen LogP contribution in [0.2, 0.25) is 10.0 Å². The summed E-state index contributed by atoms with van der Waals surface area (Å²) in [6, 6.07) is 11.2. The molecule has 0 heterocycles. The van der Waals surface area contributed by atoms with Crippen molar-refractivity contribution >= 4 is 40.5 Å². The zero-order chi connectivity index (χ0) is 18.2. The fourth-order valence-electron chi connectivity index (χ4n) is 2.36. The molecule has 2 rings (SSSR count). The first kappa shape index (κ1) is 19.6. The van der Waals surface area contributed by atoms with Crippen molar-refractivity contribution in [1.29, 1.82) is 0 Å². The van der Waals surface area contributed by atoms with Crippen LogP contribution >= 0.6 is 35.4 Å². The van der Waals surface area contributed by atoms with Gasteiger partial charge in [0.2, 0.25) is 0 Å². The SMILES string of the molecule is COc1cccc(CCNC(=S)NCc2ccc(Cl)cc2Cl)c1OC. The van der Waals surface area contributed by atoms with Gasteiger partial charge in [0.05, 0.1) is 14.2 Å². The van der Waals surface area contributed by atoms with Crippen LogP contribution in [0.4, 0.5) is 0 Å². The van der Waals surface area contributed by atoms with Crippen molar-refractivity contribution in [2.24, 2.45) is 0 Å². The van der Waals surface area contributed by atoms with Crippen LogP contribution in [0.3, 0.4) is 0 Å². The van der Waals surface area contributed by atoms with Crippen molar-refractivity contribution in [3.63, 3.8) is 0 Å². The van der Waals surface area contributed by atoms with Gasteiger partial charge < -0.3 is 20.1 Å². The molecule has 0 unspecified atom stereocenters. The first-order valence-corrected chi connectivity index (χ1v) is 8.87. The Morgan fingerprint density at radius 3 is 2.52 bits per heavy atom. The quantitative estimate of drug-likeness (QED) is 0.683. The number of rotatable bonds is 7. The highest BCUT2D eigenvalue weighted by Gasteiger charge is 2.09. The summed E-state index contributed by atoms with van der Waals surface area (Å²) in [5.74, 6) is 1.47. The molecular weight excluding hydrogens is 379 g/mol. The highest BCUT2D eigenvalue weighted by Crippen LogP contribution is 2.30. The molecule has 25 heavy (non-hydrogen) atoms. The van der Waals surface area contributed by atoms with Crippen LogP contribution in [-0.2, 0) is 13.0 Å². The van der Waals surface area contributed by atoms with E-state index < -0.39 is 0 Å². The molecule has 0 fully saturated rings. The molecule has 0 amide bonds. The van der Waals surface area contributed by atoms with Crippen molar-refractivity contribution in [2.75, 3.05) is 20.8 Å². The normalized spacial score (nSPS) is 10.2. The van der Waals surface area contributed by atoms with Crippen LogP contribution in [0.1, 0.15) is 11.1 Å². The third kappa shape index (κ3) is 5.66. The van der Waals surface area contributed by atoms with Crippen LogP contribution in [0.15, 0.2) is 36.4 Å². The second-order valence-corrected chi connectivity index (χ2v) is 6.50. The smallest absolute Gasteiger partial charge is 0.166 e. The summed E-state index contributed by atoms with van der Waals surface area (Å²) in [5, 5.41) is 8.10. The Morgan fingerprint density at radius 2 is 1.84 bits per heavy atom. The lowest BCUT2D eigenvalue weighted by Gasteiger charge is -2.14. The highest BCUT2D eigenvalue weighted by molar-refractivity contribution is 7.80. The van der Waals surface area contributed by atoms with Gasteiger partial charge in [-0.3, -0.25) is 0 Å². The van der Waals surface area contributed by atoms with E-state index in [9.17, 15) is 0 Å². The number of nitrogens with one attached hydrogen (secondary N) is 2. The van der Waals surface area contributed by atoms with Crippen LogP contribution in [0, 0.1) is 0 Å². The van der Waals surface area contributed by atoms with Crippen LogP contribution in [0.25, 0.3) is 0 Å². The zero-order valence-electron chi connectivity index (χ0n) is 14.1. The topological polar surface area (TPSA) is 42.5 Å². The lowest BCUT2D eigenvalue weighted by atomic mass is 10.1. The molecule has 0 radical (unpaired) electrons. The van der Waals surface area contributed by atoms with Gasteiger partial charge in [-0.15, -0.1) is 0 Å². The molecule has 7 heteroatoms. The number of thiocarbonyl (C=S) groups is 1. The van der Waals surface area contributed by atoms with Gasteiger partial charge in [0, 0.05) is 23.1 Å². The maximum atomic E-state index is 6.15. The fourth-order valence-corrected chi connectivity index (χ4v) is 3.01. The van der Waals surface area contributed by atoms with Crippen LogP contribution in [-0.4, -0.2) is 25.9 Å². The molecule has 2 aromatic carbocycles. The monoisotopic (exact) mass is 398 g/mol. The Hall–Kier alpha value is -1.69. The largest absolute Gasteiger partial charge is 0.493 e. The standard InChI is InChI=1S/C18H20Cl2N2O2S/c1-23-16-5-3-4-12(17(16)24-2)8-9-21-18(25)22-11-13-6-7-14(19)10-15(13)20/h3-7,10H,8-9,11H2,1-2H3,(H2,21,22,25). The van der Waals surface area contributed by atoms with Crippen LogP contribution in [0.5, 0.6) is 11.5 Å². The van der Waals surface area contributed by atoms with E-state index in [0.29, 0.717) is 28.2 Å². The molecule has 0 spiro atoms. The van der Waals surface area contributed by atoms with Crippen molar-refractivity contribution in [1.82, 2.24) is 10.6 Å². The third-order valence-corrected chi connectivity index (χ3v) is 4.49. The van der Waals surface area contributed by atoms with Crippen molar-refractivity contribution in [2.45, 2.75) is 13.0 Å². The minimum Gasteiger partial charge on any atom is -0.493 e. The lowest BCUT2D eigenvalue weighted by molar-refractivity contribution is 0.351. The Bertz CT molecular complexity index is 741. The Kier molecular flexibility index (Phi) is 7.62. The number of benzene rings is 2. The Balaban J connectivity index is 1.83. The van der Waals surface area contributed by atoms with Crippen molar-refractivity contribution in [3.8, 4) is 11.5 Å². The van der Waals surface area contributed by atoms with E-state index in [1.807, 2.05) is 24.3 Å². The summed E-state index contributed by atoms with van der Waals surface area (Å²) in [6.45, 7) is 1.20. The summed E-state index contributed by atoms with van der Waals surface area (Å²) in [7, 11) is 3.26. The second kappa shape index (κ2) is 9.70. The van der Waals surface area contributed by atoms with Crippen molar-refractivity contribution < 1.29 is 9.47 Å². The number of ether oxygens (including phenoxy) is 2. The van der Waals surface area contributed by atoms with E-state index in [0.717, 1.165) is 29.0 Å². The molecular formula is C18H20Cl2N2O2S. The van der Waals surface area contributed by atoms with Gasteiger partial charge in [-0.25, -0.2) is 0 Å². The molecule has 4 nitrogen and oxygen atoms in total. The Labute approximate surface area is 163 Å². The van der Waals surface area contributed by atoms with Gasteiger partial charge >= 0.3 is 0 Å². The molecule has 0 aliphatic rings. The molecule has 0 aromatic heterocycles. The second-order valence-electron chi connectivity index (χ2n) is 5.25. The summed E-state index contributed by atoms with van der Waals surface area (Å²) in [6.07, 6.45) is 0.754. The number of methoxy groups -OCH3 is 2. The average molecular weight is 399 g/mol.